The quantitative estimate of drug-likeness (QED) is 0.571. The van der Waals surface area contributed by atoms with E-state index in [2.05, 4.69) is 31.1 Å². The number of carbonyl (C=O) groups excluding carboxylic acids is 1. The van der Waals surface area contributed by atoms with Crippen molar-refractivity contribution in [2.75, 3.05) is 19.6 Å². The second kappa shape index (κ2) is 6.85. The molecule has 0 saturated heterocycles. The summed E-state index contributed by atoms with van der Waals surface area (Å²) in [6.45, 7) is 9.53. The van der Waals surface area contributed by atoms with Gasteiger partial charge in [-0.25, -0.2) is 0 Å². The zero-order valence-corrected chi connectivity index (χ0v) is 7.89. The molecule has 2 N–H and O–H groups in total. The fraction of sp³-hybridized carbons (Fsp3) is 0.667. The van der Waals surface area contributed by atoms with Gasteiger partial charge in [-0.2, -0.15) is 0 Å². The first-order valence-electron chi connectivity index (χ1n) is 4.25. The lowest BCUT2D eigenvalue weighted by molar-refractivity contribution is -0.120. The van der Waals surface area contributed by atoms with Crippen molar-refractivity contribution in [3.63, 3.8) is 0 Å². The summed E-state index contributed by atoms with van der Waals surface area (Å²) in [5.41, 5.74) is 0. The van der Waals surface area contributed by atoms with E-state index in [0.29, 0.717) is 19.0 Å². The van der Waals surface area contributed by atoms with E-state index in [1.807, 2.05) is 0 Å². The molecule has 70 valence electrons. The molecule has 1 amide bonds. The molecule has 0 aliphatic heterocycles. The molecule has 0 rings (SSSR count). The topological polar surface area (TPSA) is 41.1 Å². The lowest BCUT2D eigenvalue weighted by atomic mass is 10.2. The van der Waals surface area contributed by atoms with Crippen LogP contribution in [-0.4, -0.2) is 25.5 Å². The normalized spacial score (nSPS) is 9.92. The van der Waals surface area contributed by atoms with Gasteiger partial charge in [-0.05, 0) is 12.5 Å². The predicted octanol–water partition coefficient (Wildman–Crippen LogP) is 0.534. The second-order valence-corrected chi connectivity index (χ2v) is 3.12. The van der Waals surface area contributed by atoms with Gasteiger partial charge in [0.15, 0.2) is 0 Å². The van der Waals surface area contributed by atoms with Crippen LogP contribution >= 0.6 is 0 Å². The van der Waals surface area contributed by atoms with Gasteiger partial charge in [0.05, 0.1) is 6.54 Å². The average Bonchev–Trinajstić information content (AvgIpc) is 2.00. The summed E-state index contributed by atoms with van der Waals surface area (Å²) in [5.74, 6) is 0.604. The second-order valence-electron chi connectivity index (χ2n) is 3.12. The van der Waals surface area contributed by atoms with E-state index in [9.17, 15) is 4.79 Å². The molecule has 3 heteroatoms. The van der Waals surface area contributed by atoms with Gasteiger partial charge in [-0.3, -0.25) is 4.79 Å². The van der Waals surface area contributed by atoms with Crippen molar-refractivity contribution in [3.8, 4) is 0 Å². The first-order valence-corrected chi connectivity index (χ1v) is 4.25. The van der Waals surface area contributed by atoms with Crippen molar-refractivity contribution in [3.05, 3.63) is 12.7 Å². The lowest BCUT2D eigenvalue weighted by Gasteiger charge is -2.06. The van der Waals surface area contributed by atoms with Crippen LogP contribution in [0.5, 0.6) is 0 Å². The van der Waals surface area contributed by atoms with Crippen LogP contribution in [-0.2, 0) is 4.79 Å². The van der Waals surface area contributed by atoms with Crippen LogP contribution in [0.15, 0.2) is 12.7 Å². The van der Waals surface area contributed by atoms with Crippen LogP contribution in [0.4, 0.5) is 0 Å². The number of hydrogen-bond acceptors (Lipinski definition) is 2. The van der Waals surface area contributed by atoms with E-state index < -0.39 is 0 Å². The van der Waals surface area contributed by atoms with E-state index in [0.717, 1.165) is 6.54 Å². The molecule has 0 aliphatic rings. The Morgan fingerprint density at radius 1 is 1.58 bits per heavy atom. The van der Waals surface area contributed by atoms with Crippen molar-refractivity contribution >= 4 is 5.91 Å². The molecule has 0 unspecified atom stereocenters. The highest BCUT2D eigenvalue weighted by atomic mass is 16.1. The molecule has 3 nitrogen and oxygen atoms in total. The summed E-state index contributed by atoms with van der Waals surface area (Å²) in [4.78, 5) is 11.0. The number of rotatable bonds is 6. The van der Waals surface area contributed by atoms with Gasteiger partial charge in [-0.1, -0.05) is 19.9 Å². The van der Waals surface area contributed by atoms with Gasteiger partial charge in [-0.15, -0.1) is 6.58 Å². The van der Waals surface area contributed by atoms with Crippen molar-refractivity contribution in [1.29, 1.82) is 0 Å². The lowest BCUT2D eigenvalue weighted by Crippen LogP contribution is -2.35. The molecule has 0 atom stereocenters. The van der Waals surface area contributed by atoms with Gasteiger partial charge in [0.1, 0.15) is 0 Å². The zero-order chi connectivity index (χ0) is 9.40. The van der Waals surface area contributed by atoms with Gasteiger partial charge in [0.25, 0.3) is 0 Å². The van der Waals surface area contributed by atoms with Crippen LogP contribution < -0.4 is 10.6 Å². The fourth-order valence-corrected chi connectivity index (χ4v) is 0.723. The smallest absolute Gasteiger partial charge is 0.234 e. The molecule has 0 saturated carbocycles. The molecule has 0 bridgehead atoms. The maximum atomic E-state index is 11.0. The molecule has 0 spiro atoms. The average molecular weight is 170 g/mol. The number of carbonyl (C=O) groups is 1. The fourth-order valence-electron chi connectivity index (χ4n) is 0.723. The van der Waals surface area contributed by atoms with Crippen LogP contribution in [0.25, 0.3) is 0 Å². The minimum absolute atomic E-state index is 0.0237. The third-order valence-electron chi connectivity index (χ3n) is 1.28. The SMILES string of the molecule is C=CCNC(=O)CNCC(C)C. The Hall–Kier alpha value is -0.830. The maximum absolute atomic E-state index is 11.0. The molecular formula is C9H18N2O. The van der Waals surface area contributed by atoms with Crippen molar-refractivity contribution in [2.24, 2.45) is 5.92 Å². The molecule has 0 heterocycles. The minimum Gasteiger partial charge on any atom is -0.352 e. The Kier molecular flexibility index (Phi) is 6.38. The standard InChI is InChI=1S/C9H18N2O/c1-4-5-11-9(12)7-10-6-8(2)3/h4,8,10H,1,5-7H2,2-3H3,(H,11,12). The van der Waals surface area contributed by atoms with E-state index in [-0.39, 0.29) is 5.91 Å². The van der Waals surface area contributed by atoms with Gasteiger partial charge >= 0.3 is 0 Å². The largest absolute Gasteiger partial charge is 0.352 e. The van der Waals surface area contributed by atoms with Gasteiger partial charge in [0.2, 0.25) is 5.91 Å². The molecule has 0 radical (unpaired) electrons. The molecule has 0 aromatic rings. The third kappa shape index (κ3) is 7.28. The monoisotopic (exact) mass is 170 g/mol. The Morgan fingerprint density at radius 2 is 2.25 bits per heavy atom. The number of hydrogen-bond donors (Lipinski definition) is 2. The Bertz CT molecular complexity index is 143. The van der Waals surface area contributed by atoms with Crippen LogP contribution in [0.2, 0.25) is 0 Å². The Balaban J connectivity index is 3.25. The molecule has 0 aromatic heterocycles. The van der Waals surface area contributed by atoms with E-state index >= 15 is 0 Å². The van der Waals surface area contributed by atoms with Gasteiger partial charge in [0, 0.05) is 6.54 Å². The first kappa shape index (κ1) is 11.2. The third-order valence-corrected chi connectivity index (χ3v) is 1.28. The van der Waals surface area contributed by atoms with Crippen LogP contribution in [0.3, 0.4) is 0 Å². The number of amides is 1. The highest BCUT2D eigenvalue weighted by Crippen LogP contribution is 1.85. The Morgan fingerprint density at radius 3 is 2.75 bits per heavy atom. The summed E-state index contributed by atoms with van der Waals surface area (Å²) < 4.78 is 0. The summed E-state index contributed by atoms with van der Waals surface area (Å²) >= 11 is 0. The highest BCUT2D eigenvalue weighted by molar-refractivity contribution is 5.78. The van der Waals surface area contributed by atoms with E-state index in [4.69, 9.17) is 0 Å². The zero-order valence-electron chi connectivity index (χ0n) is 7.89. The van der Waals surface area contributed by atoms with E-state index in [1.54, 1.807) is 6.08 Å². The van der Waals surface area contributed by atoms with Crippen molar-refractivity contribution in [2.45, 2.75) is 13.8 Å². The molecular weight excluding hydrogens is 152 g/mol. The van der Waals surface area contributed by atoms with Crippen LogP contribution in [0, 0.1) is 5.92 Å². The summed E-state index contributed by atoms with van der Waals surface area (Å²) in [7, 11) is 0. The molecule has 0 aliphatic carbocycles. The summed E-state index contributed by atoms with van der Waals surface area (Å²) in [6, 6.07) is 0. The molecule has 12 heavy (non-hydrogen) atoms. The maximum Gasteiger partial charge on any atom is 0.234 e. The van der Waals surface area contributed by atoms with Crippen LogP contribution in [0.1, 0.15) is 13.8 Å². The predicted molar refractivity (Wildman–Crippen MR) is 50.9 cm³/mol. The first-order chi connectivity index (χ1) is 5.66. The minimum atomic E-state index is 0.0237. The summed E-state index contributed by atoms with van der Waals surface area (Å²) in [5, 5.41) is 5.73. The summed E-state index contributed by atoms with van der Waals surface area (Å²) in [6.07, 6.45) is 1.67. The molecule has 0 aromatic carbocycles. The number of nitrogens with one attached hydrogen (secondary N) is 2. The molecule has 0 fully saturated rings. The van der Waals surface area contributed by atoms with Crippen molar-refractivity contribution < 1.29 is 4.79 Å². The van der Waals surface area contributed by atoms with Gasteiger partial charge < -0.3 is 10.6 Å². The Labute approximate surface area is 74.2 Å². The van der Waals surface area contributed by atoms with Crippen molar-refractivity contribution in [1.82, 2.24) is 10.6 Å². The van der Waals surface area contributed by atoms with E-state index in [1.165, 1.54) is 0 Å². The highest BCUT2D eigenvalue weighted by Gasteiger charge is 1.98.